The highest BCUT2D eigenvalue weighted by Crippen LogP contribution is 2.34. The van der Waals surface area contributed by atoms with Crippen molar-refractivity contribution in [1.82, 2.24) is 0 Å². The summed E-state index contributed by atoms with van der Waals surface area (Å²) in [7, 11) is 0. The Labute approximate surface area is 97.0 Å². The first-order valence-electron chi connectivity index (χ1n) is 4.48. The number of halogens is 2. The molecule has 0 aliphatic carbocycles. The van der Waals surface area contributed by atoms with Crippen LogP contribution in [0.1, 0.15) is 17.2 Å². The Bertz CT molecular complexity index is 420. The number of aliphatic hydroxyl groups excluding tert-OH is 1. The fourth-order valence-corrected chi connectivity index (χ4v) is 2.08. The van der Waals surface area contributed by atoms with Crippen LogP contribution < -0.4 is 5.32 Å². The Kier molecular flexibility index (Phi) is 2.87. The monoisotopic (exact) mass is 245 g/mol. The van der Waals surface area contributed by atoms with E-state index in [9.17, 15) is 9.90 Å². The van der Waals surface area contributed by atoms with Gasteiger partial charge in [-0.1, -0.05) is 17.7 Å². The minimum Gasteiger partial charge on any atom is -0.387 e. The van der Waals surface area contributed by atoms with Crippen molar-refractivity contribution in [2.75, 3.05) is 11.2 Å². The molecule has 0 aromatic heterocycles. The molecule has 0 spiro atoms. The van der Waals surface area contributed by atoms with E-state index >= 15 is 0 Å². The van der Waals surface area contributed by atoms with Crippen molar-refractivity contribution < 1.29 is 9.90 Å². The first kappa shape index (κ1) is 10.7. The van der Waals surface area contributed by atoms with Gasteiger partial charge >= 0.3 is 0 Å². The maximum atomic E-state index is 11.1. The number of hydrogen-bond donors (Lipinski definition) is 2. The first-order chi connectivity index (χ1) is 7.11. The summed E-state index contributed by atoms with van der Waals surface area (Å²) in [5.41, 5.74) is 2.10. The lowest BCUT2D eigenvalue weighted by Crippen LogP contribution is -2.03. The average molecular weight is 246 g/mol. The second-order valence-electron chi connectivity index (χ2n) is 3.43. The number of fused-ring (bicyclic) bond motifs is 1. The average Bonchev–Trinajstić information content (AvgIpc) is 2.58. The van der Waals surface area contributed by atoms with Crippen molar-refractivity contribution in [3.8, 4) is 0 Å². The molecule has 1 aromatic carbocycles. The second-order valence-corrected chi connectivity index (χ2v) is 4.15. The molecule has 1 aromatic rings. The van der Waals surface area contributed by atoms with E-state index < -0.39 is 6.10 Å². The van der Waals surface area contributed by atoms with Gasteiger partial charge in [0, 0.05) is 0 Å². The molecular formula is C10H9Cl2NO2. The quantitative estimate of drug-likeness (QED) is 0.785. The van der Waals surface area contributed by atoms with Crippen molar-refractivity contribution in [3.63, 3.8) is 0 Å². The van der Waals surface area contributed by atoms with Gasteiger partial charge in [0.25, 0.3) is 0 Å². The minimum absolute atomic E-state index is 0.0792. The molecule has 0 fully saturated rings. The van der Waals surface area contributed by atoms with Gasteiger partial charge in [-0.15, -0.1) is 11.6 Å². The van der Waals surface area contributed by atoms with Crippen molar-refractivity contribution in [1.29, 1.82) is 0 Å². The van der Waals surface area contributed by atoms with E-state index in [1.807, 2.05) is 0 Å². The molecule has 1 aliphatic heterocycles. The summed E-state index contributed by atoms with van der Waals surface area (Å²) in [5.74, 6) is 0.0284. The predicted octanol–water partition coefficient (Wildman–Crippen LogP) is 2.11. The molecule has 0 bridgehead atoms. The Morgan fingerprint density at radius 1 is 1.53 bits per heavy atom. The minimum atomic E-state index is -0.745. The van der Waals surface area contributed by atoms with Crippen molar-refractivity contribution in [3.05, 3.63) is 28.3 Å². The van der Waals surface area contributed by atoms with Crippen molar-refractivity contribution in [2.24, 2.45) is 0 Å². The SMILES string of the molecule is O=C1Cc2cc(C(O)CCl)cc(Cl)c2N1. The van der Waals surface area contributed by atoms with Gasteiger partial charge in [0.1, 0.15) is 0 Å². The maximum absolute atomic E-state index is 11.1. The summed E-state index contributed by atoms with van der Waals surface area (Å²) in [6.45, 7) is 0. The fourth-order valence-electron chi connectivity index (χ4n) is 1.60. The molecule has 0 saturated heterocycles. The van der Waals surface area contributed by atoms with E-state index in [4.69, 9.17) is 23.2 Å². The van der Waals surface area contributed by atoms with Crippen LogP contribution in [0, 0.1) is 0 Å². The topological polar surface area (TPSA) is 49.3 Å². The zero-order chi connectivity index (χ0) is 11.0. The molecule has 80 valence electrons. The Balaban J connectivity index is 2.44. The second kappa shape index (κ2) is 4.00. The largest absolute Gasteiger partial charge is 0.387 e. The molecule has 1 aliphatic rings. The van der Waals surface area contributed by atoms with Crippen LogP contribution in [0.2, 0.25) is 5.02 Å². The smallest absolute Gasteiger partial charge is 0.228 e. The fraction of sp³-hybridized carbons (Fsp3) is 0.300. The van der Waals surface area contributed by atoms with Gasteiger partial charge in [-0.05, 0) is 17.2 Å². The molecule has 1 amide bonds. The molecule has 0 radical (unpaired) electrons. The number of carbonyl (C=O) groups excluding carboxylic acids is 1. The number of alkyl halides is 1. The highest BCUT2D eigenvalue weighted by Gasteiger charge is 2.22. The number of anilines is 1. The molecule has 3 nitrogen and oxygen atoms in total. The third-order valence-corrected chi connectivity index (χ3v) is 2.93. The van der Waals surface area contributed by atoms with Crippen LogP contribution in [0.15, 0.2) is 12.1 Å². The highest BCUT2D eigenvalue weighted by atomic mass is 35.5. The van der Waals surface area contributed by atoms with Crippen LogP contribution >= 0.6 is 23.2 Å². The van der Waals surface area contributed by atoms with Crippen LogP contribution in [-0.4, -0.2) is 16.9 Å². The van der Waals surface area contributed by atoms with E-state index in [1.54, 1.807) is 12.1 Å². The van der Waals surface area contributed by atoms with E-state index in [0.29, 0.717) is 22.7 Å². The van der Waals surface area contributed by atoms with Crippen LogP contribution in [0.5, 0.6) is 0 Å². The Hall–Kier alpha value is -0.770. The highest BCUT2D eigenvalue weighted by molar-refractivity contribution is 6.34. The molecule has 15 heavy (non-hydrogen) atoms. The molecule has 2 rings (SSSR count). The van der Waals surface area contributed by atoms with Crippen LogP contribution in [0.25, 0.3) is 0 Å². The molecule has 2 N–H and O–H groups in total. The molecule has 5 heteroatoms. The number of aliphatic hydroxyl groups is 1. The van der Waals surface area contributed by atoms with Crippen molar-refractivity contribution >= 4 is 34.8 Å². The van der Waals surface area contributed by atoms with Gasteiger partial charge in [0.15, 0.2) is 0 Å². The summed E-state index contributed by atoms with van der Waals surface area (Å²) >= 11 is 11.5. The van der Waals surface area contributed by atoms with E-state index in [1.165, 1.54) is 0 Å². The van der Waals surface area contributed by atoms with E-state index in [0.717, 1.165) is 5.56 Å². The maximum Gasteiger partial charge on any atom is 0.228 e. The first-order valence-corrected chi connectivity index (χ1v) is 5.39. The van der Waals surface area contributed by atoms with Gasteiger partial charge in [-0.2, -0.15) is 0 Å². The van der Waals surface area contributed by atoms with E-state index in [-0.39, 0.29) is 11.8 Å². The molecule has 1 heterocycles. The molecule has 1 unspecified atom stereocenters. The third kappa shape index (κ3) is 1.95. The lowest BCUT2D eigenvalue weighted by atomic mass is 10.0. The lowest BCUT2D eigenvalue weighted by molar-refractivity contribution is -0.115. The molecule has 0 saturated carbocycles. The summed E-state index contributed by atoms with van der Waals surface area (Å²) < 4.78 is 0. The summed E-state index contributed by atoms with van der Waals surface area (Å²) in [6, 6.07) is 3.38. The summed E-state index contributed by atoms with van der Waals surface area (Å²) in [4.78, 5) is 11.1. The number of benzene rings is 1. The van der Waals surface area contributed by atoms with Gasteiger partial charge in [0.05, 0.1) is 29.1 Å². The number of rotatable bonds is 2. The zero-order valence-corrected chi connectivity index (χ0v) is 9.27. The zero-order valence-electron chi connectivity index (χ0n) is 7.76. The molecular weight excluding hydrogens is 237 g/mol. The number of amides is 1. The Morgan fingerprint density at radius 2 is 2.27 bits per heavy atom. The third-order valence-electron chi connectivity index (χ3n) is 2.34. The summed E-state index contributed by atoms with van der Waals surface area (Å²) in [6.07, 6.45) is -0.442. The normalized spacial score (nSPS) is 16.1. The van der Waals surface area contributed by atoms with Crippen LogP contribution in [-0.2, 0) is 11.2 Å². The number of nitrogens with one attached hydrogen (secondary N) is 1. The standard InChI is InChI=1S/C10H9Cl2NO2/c11-4-8(14)5-1-6-3-9(15)13-10(6)7(12)2-5/h1-2,8,14H,3-4H2,(H,13,15). The van der Waals surface area contributed by atoms with Gasteiger partial charge in [-0.3, -0.25) is 4.79 Å². The van der Waals surface area contributed by atoms with Crippen LogP contribution in [0.3, 0.4) is 0 Å². The van der Waals surface area contributed by atoms with Gasteiger partial charge < -0.3 is 10.4 Å². The number of carbonyl (C=O) groups is 1. The van der Waals surface area contributed by atoms with Crippen molar-refractivity contribution in [2.45, 2.75) is 12.5 Å². The Morgan fingerprint density at radius 3 is 2.93 bits per heavy atom. The van der Waals surface area contributed by atoms with Crippen LogP contribution in [0.4, 0.5) is 5.69 Å². The van der Waals surface area contributed by atoms with Gasteiger partial charge in [-0.25, -0.2) is 0 Å². The summed E-state index contributed by atoms with van der Waals surface area (Å²) in [5, 5.41) is 12.7. The number of hydrogen-bond acceptors (Lipinski definition) is 2. The predicted molar refractivity (Wildman–Crippen MR) is 59.5 cm³/mol. The lowest BCUT2D eigenvalue weighted by Gasteiger charge is -2.10. The van der Waals surface area contributed by atoms with E-state index in [2.05, 4.69) is 5.32 Å². The molecule has 1 atom stereocenters. The van der Waals surface area contributed by atoms with Gasteiger partial charge in [0.2, 0.25) is 5.91 Å².